The number of hydrogen-bond donors (Lipinski definition) is 23. The Labute approximate surface area is 578 Å². The molecule has 41 nitrogen and oxygen atoms in total. The van der Waals surface area contributed by atoms with E-state index in [9.17, 15) is 97.8 Å². The van der Waals surface area contributed by atoms with E-state index in [4.69, 9.17) is 33.8 Å². The topological polar surface area (TPSA) is 688 Å². The molecule has 11 amide bonds. The summed E-state index contributed by atoms with van der Waals surface area (Å²) in [4.78, 5) is 204. The van der Waals surface area contributed by atoms with Crippen LogP contribution in [0.1, 0.15) is 103 Å². The second-order valence-corrected chi connectivity index (χ2v) is 24.1. The van der Waals surface area contributed by atoms with Crippen LogP contribution in [0.15, 0.2) is 46.8 Å². The third-order valence-corrected chi connectivity index (χ3v) is 15.5. The fourth-order valence-corrected chi connectivity index (χ4v) is 9.95. The summed E-state index contributed by atoms with van der Waals surface area (Å²) in [6, 6.07) is -12.8. The molecule has 1 aliphatic heterocycles. The van der Waals surface area contributed by atoms with Gasteiger partial charge in [0.2, 0.25) is 65.0 Å². The second kappa shape index (κ2) is 42.2. The second-order valence-electron chi connectivity index (χ2n) is 24.1. The van der Waals surface area contributed by atoms with Crippen molar-refractivity contribution in [1.29, 1.82) is 0 Å². The van der Waals surface area contributed by atoms with Crippen LogP contribution >= 0.6 is 0 Å². The zero-order chi connectivity index (χ0) is 75.8. The number of guanidine groups is 2. The Morgan fingerprint density at radius 3 is 1.50 bits per heavy atom. The summed E-state index contributed by atoms with van der Waals surface area (Å²) in [5.74, 6) is -17.4. The average molecular weight is 1430 g/mol. The number of likely N-dealkylation sites (tertiary alicyclic amines) is 1. The van der Waals surface area contributed by atoms with E-state index in [1.54, 1.807) is 13.8 Å². The number of aliphatic hydroxyl groups is 3. The first kappa shape index (κ1) is 84.4. The number of phenols is 1. The first-order valence-corrected chi connectivity index (χ1v) is 32.1. The molecule has 1 aromatic carbocycles. The molecule has 0 saturated carbocycles. The van der Waals surface area contributed by atoms with Gasteiger partial charge in [0.05, 0.1) is 37.7 Å². The van der Waals surface area contributed by atoms with Gasteiger partial charge in [-0.15, -0.1) is 0 Å². The molecule has 13 atom stereocenters. The number of nitrogens with zero attached hydrogens (tertiary/aromatic N) is 4. The fourth-order valence-electron chi connectivity index (χ4n) is 9.95. The molecule has 560 valence electrons. The summed E-state index contributed by atoms with van der Waals surface area (Å²) < 4.78 is 0. The van der Waals surface area contributed by atoms with Gasteiger partial charge in [-0.2, -0.15) is 0 Å². The molecule has 0 unspecified atom stereocenters. The SMILES string of the molecule is CC(C)[C@H](N)C(=O)N[C@@H](CO)C(=O)N1CCC[C@H]1C(=O)NCC(=O)N[C@H](C(=O)N[C@@H](CCCN=C(N)N)C(=O)N[C@@H](CCCN=C(N)N)C(=O)N[C@@H](CCC(=O)O)C(=O)N[C@@H](Cc1ccc(O)cc1)C(=O)N[C@@H](Cc1cnc[nH]1)C(=O)N[C@H](C(=O)N[C@@H](CCC(=O)O)C(=O)O)[C@@H](C)O)[C@@H](C)O. The molecule has 2 heterocycles. The predicted octanol–water partition coefficient (Wildman–Crippen LogP) is -8.97. The molecule has 0 bridgehead atoms. The van der Waals surface area contributed by atoms with Crippen molar-refractivity contribution in [3.8, 4) is 5.75 Å². The Morgan fingerprint density at radius 2 is 1.03 bits per heavy atom. The van der Waals surface area contributed by atoms with E-state index in [-0.39, 0.29) is 86.6 Å². The Kier molecular flexibility index (Phi) is 35.3. The number of hydrogen-bond acceptors (Lipinski definition) is 22. The van der Waals surface area contributed by atoms with Crippen molar-refractivity contribution in [3.63, 3.8) is 0 Å². The monoisotopic (exact) mass is 1430 g/mol. The molecular weight excluding hydrogens is 1340 g/mol. The Bertz CT molecular complexity index is 3240. The van der Waals surface area contributed by atoms with E-state index in [0.29, 0.717) is 6.42 Å². The Morgan fingerprint density at radius 1 is 0.584 bits per heavy atom. The maximum absolute atomic E-state index is 14.6. The van der Waals surface area contributed by atoms with E-state index in [2.05, 4.69) is 73.1 Å². The van der Waals surface area contributed by atoms with Crippen molar-refractivity contribution in [2.24, 2.45) is 44.6 Å². The number of nitrogens with two attached hydrogens (primary N) is 5. The largest absolute Gasteiger partial charge is 0.508 e. The van der Waals surface area contributed by atoms with Gasteiger partial charge in [-0.3, -0.25) is 72.3 Å². The van der Waals surface area contributed by atoms with Gasteiger partial charge in [0.25, 0.3) is 0 Å². The van der Waals surface area contributed by atoms with Gasteiger partial charge in [-0.25, -0.2) is 9.78 Å². The maximum Gasteiger partial charge on any atom is 0.326 e. The van der Waals surface area contributed by atoms with Crippen LogP contribution in [0.25, 0.3) is 0 Å². The van der Waals surface area contributed by atoms with Crippen LogP contribution in [0.2, 0.25) is 0 Å². The highest BCUT2D eigenvalue weighted by Gasteiger charge is 2.40. The molecule has 2 aromatic rings. The van der Waals surface area contributed by atoms with Crippen LogP contribution in [-0.2, 0) is 80.0 Å². The number of benzene rings is 1. The van der Waals surface area contributed by atoms with Crippen molar-refractivity contribution >= 4 is 94.8 Å². The lowest BCUT2D eigenvalue weighted by atomic mass is 10.0. The molecule has 0 radical (unpaired) electrons. The number of amides is 11. The molecule has 1 saturated heterocycles. The van der Waals surface area contributed by atoms with Gasteiger partial charge < -0.3 is 127 Å². The summed E-state index contributed by atoms with van der Waals surface area (Å²) in [5.41, 5.74) is 28.4. The number of nitrogens with one attached hydrogen (secondary N) is 11. The van der Waals surface area contributed by atoms with Crippen molar-refractivity contribution in [3.05, 3.63) is 48.0 Å². The minimum atomic E-state index is -1.93. The smallest absolute Gasteiger partial charge is 0.326 e. The number of rotatable bonds is 44. The van der Waals surface area contributed by atoms with Crippen molar-refractivity contribution in [1.82, 2.24) is 68.0 Å². The van der Waals surface area contributed by atoms with E-state index in [1.807, 2.05) is 0 Å². The molecule has 1 fully saturated rings. The number of phenolic OH excluding ortho intramolecular Hbond substituents is 1. The number of aliphatic imine (C=N–C) groups is 2. The average Bonchev–Trinajstić information content (AvgIpc) is 1.78. The van der Waals surface area contributed by atoms with Crippen molar-refractivity contribution in [2.75, 3.05) is 32.8 Å². The Hall–Kier alpha value is -10.8. The normalized spacial score (nSPS) is 16.1. The maximum atomic E-state index is 14.6. The Balaban J connectivity index is 1.97. The highest BCUT2D eigenvalue weighted by molar-refractivity contribution is 5.99. The van der Waals surface area contributed by atoms with Crippen molar-refractivity contribution in [2.45, 2.75) is 183 Å². The number of carboxylic acids is 3. The van der Waals surface area contributed by atoms with Crippen LogP contribution in [-0.4, -0.2) is 257 Å². The predicted molar refractivity (Wildman–Crippen MR) is 354 cm³/mol. The molecule has 0 aliphatic carbocycles. The number of H-pyrrole nitrogens is 1. The number of aromatic hydroxyl groups is 1. The van der Waals surface area contributed by atoms with Gasteiger partial charge in [0.1, 0.15) is 66.2 Å². The first-order valence-electron chi connectivity index (χ1n) is 32.1. The number of aromatic amines is 1. The summed E-state index contributed by atoms with van der Waals surface area (Å²) >= 11 is 0. The third kappa shape index (κ3) is 29.7. The van der Waals surface area contributed by atoms with Gasteiger partial charge in [0.15, 0.2) is 11.9 Å². The van der Waals surface area contributed by atoms with E-state index >= 15 is 0 Å². The van der Waals surface area contributed by atoms with E-state index in [1.165, 1.54) is 36.8 Å². The van der Waals surface area contributed by atoms with Crippen molar-refractivity contribution < 1.29 is 103 Å². The van der Waals surface area contributed by atoms with Gasteiger partial charge >= 0.3 is 17.9 Å². The molecule has 1 aromatic heterocycles. The lowest BCUT2D eigenvalue weighted by Crippen LogP contribution is -2.62. The summed E-state index contributed by atoms with van der Waals surface area (Å²) in [6.07, 6.45) is -4.99. The zero-order valence-electron chi connectivity index (χ0n) is 56.1. The molecule has 1 aliphatic rings. The van der Waals surface area contributed by atoms with Gasteiger partial charge in [-0.1, -0.05) is 26.0 Å². The van der Waals surface area contributed by atoms with E-state index in [0.717, 1.165) is 18.7 Å². The number of carbonyl (C=O) groups excluding carboxylic acids is 11. The lowest BCUT2D eigenvalue weighted by molar-refractivity contribution is -0.144. The molecule has 41 heteroatoms. The quantitative estimate of drug-likeness (QED) is 0.0166. The molecular formula is C60H94N20O21. The molecule has 101 heavy (non-hydrogen) atoms. The number of aromatic nitrogens is 2. The van der Waals surface area contributed by atoms with E-state index < -0.39 is 213 Å². The van der Waals surface area contributed by atoms with Gasteiger partial charge in [0, 0.05) is 57.2 Å². The number of aliphatic hydroxyl groups excluding tert-OH is 3. The molecule has 3 rings (SSSR count). The van der Waals surface area contributed by atoms with Crippen LogP contribution in [0.3, 0.4) is 0 Å². The fraction of sp³-hybridized carbons (Fsp3) is 0.583. The summed E-state index contributed by atoms with van der Waals surface area (Å²) in [7, 11) is 0. The number of carbonyl (C=O) groups is 14. The number of imidazole rings is 1. The third-order valence-electron chi connectivity index (χ3n) is 15.5. The molecule has 0 spiro atoms. The lowest BCUT2D eigenvalue weighted by Gasteiger charge is -2.29. The van der Waals surface area contributed by atoms with Crippen LogP contribution in [0.5, 0.6) is 5.75 Å². The highest BCUT2D eigenvalue weighted by Crippen LogP contribution is 2.20. The zero-order valence-corrected chi connectivity index (χ0v) is 56.1. The minimum absolute atomic E-state index is 0.0468. The van der Waals surface area contributed by atoms with Crippen LogP contribution < -0.4 is 81.8 Å². The number of carboxylic acid groups (broad SMARTS) is 3. The van der Waals surface area contributed by atoms with Crippen LogP contribution in [0, 0.1) is 5.92 Å². The highest BCUT2D eigenvalue weighted by atomic mass is 16.4. The minimum Gasteiger partial charge on any atom is -0.508 e. The number of aliphatic carboxylic acids is 3. The standard InChI is InChI=1S/C60H94N20O21/c1-28(2)45(61)54(96)77-40(26-81)57(99)80-21-7-10-41(80)53(95)69-25-42(85)78-46(29(3)82)55(97)73-35(9-6-20-68-60(64)65)49(91)71-34(8-5-19-67-59(62)63)48(90)72-36(15-17-43(86)87)50(92)75-38(22-31-11-13-33(84)14-12-31)51(93)76-39(23-32-24-66-27-70-32)52(94)79-47(30(4)83)56(98)74-37(58(100)101)16-18-44(88)89/h11-14,24,27-30,34-41,45-47,81-84H,5-10,15-23,25-26,61H2,1-4H3,(H,66,70)(H,69,95)(H,71,91)(H,72,90)(H,73,97)(H,74,98)(H,75,92)(H,76,93)(H,77,96)(H,78,85)(H,79,94)(H,86,87)(H,88,89)(H,100,101)(H4,62,63,67)(H4,64,65,68)/t29-,30-,34+,35+,36+,37+,38+,39+,40+,41+,45+,46+,47+/m1/s1. The summed E-state index contributed by atoms with van der Waals surface area (Å²) in [6.45, 7) is 3.62. The summed E-state index contributed by atoms with van der Waals surface area (Å²) in [5, 5.41) is 93.7. The van der Waals surface area contributed by atoms with Gasteiger partial charge in [-0.05, 0) is 88.8 Å². The van der Waals surface area contributed by atoms with Crippen LogP contribution in [0.4, 0.5) is 0 Å². The first-order chi connectivity index (χ1) is 47.5. The molecule has 28 N–H and O–H groups in total.